The average molecular weight is 569 g/mol. The van der Waals surface area contributed by atoms with E-state index >= 15 is 0 Å². The number of benzene rings is 1. The monoisotopic (exact) mass is 568 g/mol. The first-order valence-electron chi connectivity index (χ1n) is 12.1. The number of anilines is 1. The van der Waals surface area contributed by atoms with Gasteiger partial charge in [-0.25, -0.2) is 13.4 Å². The van der Waals surface area contributed by atoms with Gasteiger partial charge in [0, 0.05) is 45.2 Å². The van der Waals surface area contributed by atoms with Gasteiger partial charge in [0.2, 0.25) is 5.91 Å². The largest absolute Gasteiger partial charge is 0.379 e. The van der Waals surface area contributed by atoms with Crippen LogP contribution in [-0.2, 0) is 19.6 Å². The van der Waals surface area contributed by atoms with Crippen molar-refractivity contribution in [3.8, 4) is 0 Å². The normalized spacial score (nSPS) is 18.6. The minimum Gasteiger partial charge on any atom is -0.379 e. The van der Waals surface area contributed by atoms with Crippen molar-refractivity contribution in [1.82, 2.24) is 14.2 Å². The van der Waals surface area contributed by atoms with E-state index in [1.165, 1.54) is 15.6 Å². The van der Waals surface area contributed by atoms with E-state index in [2.05, 4.69) is 4.90 Å². The highest BCUT2D eigenvalue weighted by Crippen LogP contribution is 2.33. The molecule has 0 radical (unpaired) electrons. The lowest BCUT2D eigenvalue weighted by molar-refractivity contribution is -0.123. The molecule has 1 amide bonds. The quantitative estimate of drug-likeness (QED) is 0.406. The molecule has 0 aliphatic carbocycles. The number of carbonyl (C=O) groups is 1. The number of amides is 1. The third kappa shape index (κ3) is 5.77. The third-order valence-electron chi connectivity index (χ3n) is 6.69. The van der Waals surface area contributed by atoms with Gasteiger partial charge in [0.1, 0.15) is 4.21 Å². The van der Waals surface area contributed by atoms with Crippen LogP contribution < -0.4 is 4.90 Å². The van der Waals surface area contributed by atoms with Crippen molar-refractivity contribution in [3.63, 3.8) is 0 Å². The van der Waals surface area contributed by atoms with Crippen molar-refractivity contribution in [2.45, 2.75) is 23.5 Å². The topological polar surface area (TPSA) is 83.1 Å². The number of piperidine rings is 1. The van der Waals surface area contributed by atoms with E-state index < -0.39 is 10.0 Å². The first-order chi connectivity index (χ1) is 17.4. The van der Waals surface area contributed by atoms with Crippen molar-refractivity contribution in [2.24, 2.45) is 5.92 Å². The maximum Gasteiger partial charge on any atom is 0.252 e. The molecule has 2 aliphatic rings. The van der Waals surface area contributed by atoms with Crippen molar-refractivity contribution in [2.75, 3.05) is 57.4 Å². The number of rotatable bonds is 8. The molecule has 2 fully saturated rings. The summed E-state index contributed by atoms with van der Waals surface area (Å²) in [5, 5.41) is 0.714. The first-order valence-corrected chi connectivity index (χ1v) is 15.6. The number of para-hydroxylation sites is 1. The number of ether oxygens (including phenoxy) is 1. The average Bonchev–Trinajstić information content (AvgIpc) is 3.53. The number of halogens is 1. The molecule has 12 heteroatoms. The SMILES string of the molecule is O=C(C1CCN(S(=O)(=O)c2ccc(Cl)s2)CC1)N(CCCN1CCOCC1)c1nc2ccccc2s1. The lowest BCUT2D eigenvalue weighted by atomic mass is 9.96. The zero-order valence-corrected chi connectivity index (χ0v) is 23.0. The molecule has 5 rings (SSSR count). The fourth-order valence-electron chi connectivity index (χ4n) is 4.68. The summed E-state index contributed by atoms with van der Waals surface area (Å²) < 4.78 is 34.6. The van der Waals surface area contributed by atoms with Crippen LogP contribution in [-0.4, -0.2) is 81.0 Å². The van der Waals surface area contributed by atoms with E-state index in [1.807, 2.05) is 29.2 Å². The molecule has 2 saturated heterocycles. The maximum absolute atomic E-state index is 13.8. The zero-order chi connectivity index (χ0) is 25.1. The van der Waals surface area contributed by atoms with Gasteiger partial charge in [-0.15, -0.1) is 11.3 Å². The predicted molar refractivity (Wildman–Crippen MR) is 145 cm³/mol. The third-order valence-corrected chi connectivity index (χ3v) is 11.3. The van der Waals surface area contributed by atoms with E-state index in [-0.39, 0.29) is 16.0 Å². The summed E-state index contributed by atoms with van der Waals surface area (Å²) >= 11 is 8.55. The number of fused-ring (bicyclic) bond motifs is 1. The van der Waals surface area contributed by atoms with E-state index in [9.17, 15) is 13.2 Å². The molecule has 36 heavy (non-hydrogen) atoms. The van der Waals surface area contributed by atoms with Gasteiger partial charge in [0.15, 0.2) is 5.13 Å². The van der Waals surface area contributed by atoms with Gasteiger partial charge in [-0.05, 0) is 43.5 Å². The fraction of sp³-hybridized carbons (Fsp3) is 0.500. The van der Waals surface area contributed by atoms with Crippen molar-refractivity contribution in [3.05, 3.63) is 40.7 Å². The summed E-state index contributed by atoms with van der Waals surface area (Å²) in [5.74, 6) is -0.203. The molecule has 194 valence electrons. The van der Waals surface area contributed by atoms with Crippen LogP contribution in [0.5, 0.6) is 0 Å². The van der Waals surface area contributed by atoms with Crippen LogP contribution in [0.2, 0.25) is 4.34 Å². The van der Waals surface area contributed by atoms with Gasteiger partial charge in [0.25, 0.3) is 10.0 Å². The Balaban J connectivity index is 1.28. The summed E-state index contributed by atoms with van der Waals surface area (Å²) in [6, 6.07) is 11.1. The van der Waals surface area contributed by atoms with Crippen molar-refractivity contribution >= 4 is 65.6 Å². The molecule has 0 N–H and O–H groups in total. The molecular weight excluding hydrogens is 540 g/mol. The number of nitrogens with zero attached hydrogens (tertiary/aromatic N) is 4. The van der Waals surface area contributed by atoms with Crippen LogP contribution in [0.3, 0.4) is 0 Å². The molecule has 0 unspecified atom stereocenters. The highest BCUT2D eigenvalue weighted by atomic mass is 35.5. The Morgan fingerprint density at radius 2 is 1.83 bits per heavy atom. The Hall–Kier alpha value is -1.60. The second kappa shape index (κ2) is 11.4. The van der Waals surface area contributed by atoms with Crippen LogP contribution in [0.4, 0.5) is 5.13 Å². The molecule has 4 heterocycles. The number of hydrogen-bond donors (Lipinski definition) is 0. The van der Waals surface area contributed by atoms with Gasteiger partial charge in [-0.2, -0.15) is 4.31 Å². The van der Waals surface area contributed by atoms with Gasteiger partial charge >= 0.3 is 0 Å². The first kappa shape index (κ1) is 26.0. The molecule has 0 bridgehead atoms. The van der Waals surface area contributed by atoms with E-state index in [1.54, 1.807) is 12.1 Å². The number of thiazole rings is 1. The van der Waals surface area contributed by atoms with Crippen LogP contribution in [0, 0.1) is 5.92 Å². The van der Waals surface area contributed by atoms with Crippen LogP contribution in [0.25, 0.3) is 10.2 Å². The zero-order valence-electron chi connectivity index (χ0n) is 19.8. The maximum atomic E-state index is 13.8. The second-order valence-corrected chi connectivity index (χ2v) is 13.9. The summed E-state index contributed by atoms with van der Waals surface area (Å²) in [6.45, 7) is 5.44. The van der Waals surface area contributed by atoms with Gasteiger partial charge in [-0.3, -0.25) is 14.6 Å². The smallest absolute Gasteiger partial charge is 0.252 e. The molecule has 3 aromatic rings. The highest BCUT2D eigenvalue weighted by Gasteiger charge is 2.35. The van der Waals surface area contributed by atoms with Crippen molar-refractivity contribution in [1.29, 1.82) is 0 Å². The number of carbonyl (C=O) groups excluding carboxylic acids is 1. The van der Waals surface area contributed by atoms with Gasteiger partial charge in [0.05, 0.1) is 27.8 Å². The Morgan fingerprint density at radius 3 is 2.53 bits per heavy atom. The molecule has 8 nitrogen and oxygen atoms in total. The van der Waals surface area contributed by atoms with E-state index in [0.29, 0.717) is 41.9 Å². The standard InChI is InChI=1S/C24H29ClN4O4S3/c25-21-6-7-22(35-21)36(31,32)28-12-8-18(9-13-28)23(30)29(11-3-10-27-14-16-33-17-15-27)24-26-19-4-1-2-5-20(19)34-24/h1-2,4-7,18H,3,8-17H2. The lowest BCUT2D eigenvalue weighted by Gasteiger charge is -2.33. The summed E-state index contributed by atoms with van der Waals surface area (Å²) in [6.07, 6.45) is 1.82. The van der Waals surface area contributed by atoms with E-state index in [0.717, 1.165) is 60.8 Å². The molecule has 0 saturated carbocycles. The van der Waals surface area contributed by atoms with Crippen LogP contribution in [0.1, 0.15) is 19.3 Å². The number of aromatic nitrogens is 1. The molecular formula is C24H29ClN4O4S3. The minimum absolute atomic E-state index is 0.0345. The highest BCUT2D eigenvalue weighted by molar-refractivity contribution is 7.91. The molecule has 0 spiro atoms. The molecule has 0 atom stereocenters. The number of sulfonamides is 1. The van der Waals surface area contributed by atoms with Gasteiger partial charge in [-0.1, -0.05) is 35.1 Å². The van der Waals surface area contributed by atoms with Crippen LogP contribution in [0.15, 0.2) is 40.6 Å². The molecule has 2 aromatic heterocycles. The lowest BCUT2D eigenvalue weighted by Crippen LogP contribution is -2.45. The van der Waals surface area contributed by atoms with Crippen LogP contribution >= 0.6 is 34.3 Å². The number of morpholine rings is 1. The second-order valence-electron chi connectivity index (χ2n) is 9.00. The Labute approximate surface area is 224 Å². The predicted octanol–water partition coefficient (Wildman–Crippen LogP) is 4.17. The Morgan fingerprint density at radius 1 is 1.08 bits per heavy atom. The minimum atomic E-state index is -3.59. The fourth-order valence-corrected chi connectivity index (χ4v) is 8.78. The molecule has 2 aliphatic heterocycles. The van der Waals surface area contributed by atoms with Gasteiger partial charge < -0.3 is 4.74 Å². The van der Waals surface area contributed by atoms with Crippen molar-refractivity contribution < 1.29 is 17.9 Å². The Kier molecular flexibility index (Phi) is 8.26. The summed E-state index contributed by atoms with van der Waals surface area (Å²) in [4.78, 5) is 22.7. The molecule has 1 aromatic carbocycles. The summed E-state index contributed by atoms with van der Waals surface area (Å²) in [5.41, 5.74) is 0.888. The van der Waals surface area contributed by atoms with E-state index in [4.69, 9.17) is 21.3 Å². The number of thiophene rings is 1. The summed E-state index contributed by atoms with van der Waals surface area (Å²) in [7, 11) is -3.59. The Bertz CT molecular complexity index is 1260. The number of hydrogen-bond acceptors (Lipinski definition) is 8.